The average Bonchev–Trinajstić information content (AvgIpc) is 3.28. The van der Waals surface area contributed by atoms with Crippen LogP contribution in [0.3, 0.4) is 0 Å². The van der Waals surface area contributed by atoms with Gasteiger partial charge < -0.3 is 14.2 Å². The topological polar surface area (TPSA) is 70.8 Å². The Hall–Kier alpha value is -3.70. The number of fused-ring (bicyclic) bond motifs is 1. The van der Waals surface area contributed by atoms with Gasteiger partial charge in [0, 0.05) is 37.6 Å². The second-order valence-corrected chi connectivity index (χ2v) is 9.63. The lowest BCUT2D eigenvalue weighted by molar-refractivity contribution is -0.0328. The molecule has 37 heavy (non-hydrogen) atoms. The fourth-order valence-electron chi connectivity index (χ4n) is 4.08. The van der Waals surface area contributed by atoms with Gasteiger partial charge in [-0.25, -0.2) is 4.79 Å². The molecule has 1 fully saturated rings. The summed E-state index contributed by atoms with van der Waals surface area (Å²) < 4.78 is 48.6. The quantitative estimate of drug-likeness (QED) is 0.285. The highest BCUT2D eigenvalue weighted by atomic mass is 32.2. The Labute approximate surface area is 215 Å². The number of benzene rings is 3. The maximum absolute atomic E-state index is 12.7. The molecule has 2 heterocycles. The lowest BCUT2D eigenvalue weighted by Crippen LogP contribution is -2.49. The second kappa shape index (κ2) is 10.7. The molecule has 5 rings (SSSR count). The van der Waals surface area contributed by atoms with E-state index in [1.54, 1.807) is 17.0 Å². The van der Waals surface area contributed by atoms with E-state index in [9.17, 15) is 18.0 Å². The van der Waals surface area contributed by atoms with Gasteiger partial charge in [0.25, 0.3) is 0 Å². The molecular weight excluding hydrogens is 505 g/mol. The smallest absolute Gasteiger partial charge is 0.446 e. The number of para-hydroxylation sites is 1. The van der Waals surface area contributed by atoms with Crippen LogP contribution >= 0.6 is 11.8 Å². The van der Waals surface area contributed by atoms with Gasteiger partial charge in [-0.15, -0.1) is 0 Å². The van der Waals surface area contributed by atoms with Gasteiger partial charge in [0.05, 0.1) is 5.39 Å². The minimum Gasteiger partial charge on any atom is -0.457 e. The number of nitrogens with zero attached hydrogens (tertiary/aromatic N) is 3. The van der Waals surface area contributed by atoms with Crippen molar-refractivity contribution in [3.05, 3.63) is 78.4 Å². The molecule has 0 bridgehead atoms. The molecule has 1 N–H and O–H groups in total. The van der Waals surface area contributed by atoms with Gasteiger partial charge >= 0.3 is 11.5 Å². The zero-order valence-electron chi connectivity index (χ0n) is 19.6. The number of rotatable bonds is 6. The molecule has 11 heteroatoms. The minimum atomic E-state index is -4.32. The predicted molar refractivity (Wildman–Crippen MR) is 135 cm³/mol. The Balaban J connectivity index is 1.12. The van der Waals surface area contributed by atoms with Crippen LogP contribution in [0.25, 0.3) is 11.0 Å². The zero-order valence-corrected chi connectivity index (χ0v) is 20.4. The summed E-state index contributed by atoms with van der Waals surface area (Å²) in [6.45, 7) is 3.23. The highest BCUT2D eigenvalue weighted by molar-refractivity contribution is 8.00. The molecule has 0 aliphatic carbocycles. The fraction of sp³-hybridized carbons (Fsp3) is 0.231. The summed E-state index contributed by atoms with van der Waals surface area (Å²) in [6, 6.07) is 20.5. The van der Waals surface area contributed by atoms with Crippen molar-refractivity contribution in [1.82, 2.24) is 15.0 Å². The average molecular weight is 529 g/mol. The molecule has 0 spiro atoms. The number of aromatic nitrogens is 1. The molecule has 0 unspecified atom stereocenters. The molecule has 0 radical (unpaired) electrons. The van der Waals surface area contributed by atoms with Gasteiger partial charge in [0.2, 0.25) is 0 Å². The number of anilines is 1. The van der Waals surface area contributed by atoms with Gasteiger partial charge in [0.15, 0.2) is 11.4 Å². The number of alkyl halides is 3. The van der Waals surface area contributed by atoms with Crippen molar-refractivity contribution in [2.24, 2.45) is 0 Å². The summed E-state index contributed by atoms with van der Waals surface area (Å²) in [5.74, 6) is 1.48. The number of carbonyl (C=O) groups is 1. The number of hydrogen-bond donors (Lipinski definition) is 1. The molecule has 0 saturated carbocycles. The van der Waals surface area contributed by atoms with E-state index in [4.69, 9.17) is 9.26 Å². The lowest BCUT2D eigenvalue weighted by Gasteiger charge is -2.34. The maximum Gasteiger partial charge on any atom is 0.446 e. The molecule has 1 aromatic heterocycles. The van der Waals surface area contributed by atoms with Crippen LogP contribution in [0.2, 0.25) is 0 Å². The summed E-state index contributed by atoms with van der Waals surface area (Å²) >= 11 is -0.156. The Bertz CT molecular complexity index is 1370. The van der Waals surface area contributed by atoms with Crippen molar-refractivity contribution in [2.45, 2.75) is 16.9 Å². The Morgan fingerprint density at radius 1 is 0.973 bits per heavy atom. The van der Waals surface area contributed by atoms with Crippen LogP contribution in [0.15, 0.2) is 82.2 Å². The van der Waals surface area contributed by atoms with Crippen molar-refractivity contribution < 1.29 is 27.2 Å². The summed E-state index contributed by atoms with van der Waals surface area (Å²) in [7, 11) is 0. The van der Waals surface area contributed by atoms with Gasteiger partial charge in [-0.2, -0.15) is 13.2 Å². The molecule has 1 aliphatic heterocycles. The second-order valence-electron chi connectivity index (χ2n) is 8.49. The Kier molecular flexibility index (Phi) is 7.24. The minimum absolute atomic E-state index is 0.107. The molecular formula is C26H23F3N4O3S. The van der Waals surface area contributed by atoms with Crippen molar-refractivity contribution in [3.63, 3.8) is 0 Å². The zero-order chi connectivity index (χ0) is 25.8. The van der Waals surface area contributed by atoms with Crippen LogP contribution < -0.4 is 10.1 Å². The van der Waals surface area contributed by atoms with Crippen LogP contribution in [0.1, 0.15) is 5.56 Å². The molecule has 1 aliphatic rings. The van der Waals surface area contributed by atoms with E-state index < -0.39 is 5.51 Å². The van der Waals surface area contributed by atoms with Crippen LogP contribution in [0.5, 0.6) is 11.5 Å². The monoisotopic (exact) mass is 528 g/mol. The van der Waals surface area contributed by atoms with Gasteiger partial charge in [0.1, 0.15) is 11.5 Å². The first-order valence-electron chi connectivity index (χ1n) is 11.6. The number of amides is 2. The number of carbonyl (C=O) groups excluding carboxylic acids is 1. The standard InChI is InChI=1S/C26H23F3N4O3S/c27-26(28,29)37-21-10-8-19(9-11-21)35-20-5-3-4-18(16-20)17-32-12-14-33(15-13-32)25(34)30-24-22-6-1-2-7-23(22)36-31-24/h1-11,16H,12-15,17H2,(H,30,31,34). The normalized spacial score (nSPS) is 14.6. The Morgan fingerprint density at radius 2 is 1.73 bits per heavy atom. The summed E-state index contributed by atoms with van der Waals surface area (Å²) in [5, 5.41) is 7.55. The van der Waals surface area contributed by atoms with E-state index >= 15 is 0 Å². The molecule has 0 atom stereocenters. The van der Waals surface area contributed by atoms with E-state index in [-0.39, 0.29) is 22.7 Å². The number of ether oxygens (including phenoxy) is 1. The van der Waals surface area contributed by atoms with Crippen molar-refractivity contribution in [2.75, 3.05) is 31.5 Å². The summed E-state index contributed by atoms with van der Waals surface area (Å²) in [6.07, 6.45) is 0. The Morgan fingerprint density at radius 3 is 2.49 bits per heavy atom. The molecule has 2 amide bonds. The predicted octanol–water partition coefficient (Wildman–Crippen LogP) is 6.58. The maximum atomic E-state index is 12.7. The summed E-state index contributed by atoms with van der Waals surface area (Å²) in [4.78, 5) is 16.8. The molecule has 7 nitrogen and oxygen atoms in total. The third kappa shape index (κ3) is 6.55. The lowest BCUT2D eigenvalue weighted by atomic mass is 10.2. The first-order valence-corrected chi connectivity index (χ1v) is 12.4. The van der Waals surface area contributed by atoms with Gasteiger partial charge in [-0.1, -0.05) is 29.4 Å². The highest BCUT2D eigenvalue weighted by Gasteiger charge is 2.29. The largest absolute Gasteiger partial charge is 0.457 e. The number of piperazine rings is 1. The van der Waals surface area contributed by atoms with E-state index in [0.29, 0.717) is 55.6 Å². The SMILES string of the molecule is O=C(Nc1noc2ccccc12)N1CCN(Cc2cccc(Oc3ccc(SC(F)(F)F)cc3)c2)CC1. The first kappa shape index (κ1) is 25.0. The van der Waals surface area contributed by atoms with Crippen LogP contribution in [0.4, 0.5) is 23.8 Å². The van der Waals surface area contributed by atoms with E-state index in [1.165, 1.54) is 24.3 Å². The number of nitrogens with one attached hydrogen (secondary N) is 1. The number of thioether (sulfide) groups is 1. The number of urea groups is 1. The first-order chi connectivity index (χ1) is 17.8. The van der Waals surface area contributed by atoms with E-state index in [1.807, 2.05) is 36.4 Å². The van der Waals surface area contributed by atoms with Gasteiger partial charge in [-0.05, 0) is 65.9 Å². The van der Waals surface area contributed by atoms with Crippen molar-refractivity contribution in [1.29, 1.82) is 0 Å². The fourth-order valence-corrected chi connectivity index (χ4v) is 4.62. The van der Waals surface area contributed by atoms with Crippen LogP contribution in [0, 0.1) is 0 Å². The van der Waals surface area contributed by atoms with Gasteiger partial charge in [-0.3, -0.25) is 10.2 Å². The number of hydrogen-bond acceptors (Lipinski definition) is 6. The van der Waals surface area contributed by atoms with Crippen LogP contribution in [-0.2, 0) is 6.54 Å². The summed E-state index contributed by atoms with van der Waals surface area (Å²) in [5.41, 5.74) is -2.67. The highest BCUT2D eigenvalue weighted by Crippen LogP contribution is 2.37. The molecule has 1 saturated heterocycles. The van der Waals surface area contributed by atoms with E-state index in [2.05, 4.69) is 15.4 Å². The molecule has 192 valence electrons. The number of halogens is 3. The molecule has 4 aromatic rings. The third-order valence-corrected chi connectivity index (χ3v) is 6.60. The van der Waals surface area contributed by atoms with Crippen molar-refractivity contribution in [3.8, 4) is 11.5 Å². The van der Waals surface area contributed by atoms with Crippen molar-refractivity contribution >= 4 is 34.6 Å². The van der Waals surface area contributed by atoms with E-state index in [0.717, 1.165) is 10.9 Å². The van der Waals surface area contributed by atoms with Crippen LogP contribution in [-0.4, -0.2) is 52.7 Å². The third-order valence-electron chi connectivity index (χ3n) is 5.86. The molecule has 3 aromatic carbocycles.